The highest BCUT2D eigenvalue weighted by Crippen LogP contribution is 2.15. The second-order valence-corrected chi connectivity index (χ2v) is 13.7. The Hall–Kier alpha value is -2.93. The molecule has 0 saturated heterocycles. The monoisotopic (exact) mass is 713 g/mol. The van der Waals surface area contributed by atoms with Crippen molar-refractivity contribution in [1.29, 1.82) is 0 Å². The first kappa shape index (κ1) is 48.1. The van der Waals surface area contributed by atoms with Gasteiger partial charge in [0, 0.05) is 12.8 Å². The van der Waals surface area contributed by atoms with Crippen LogP contribution < -0.4 is 11.1 Å². The third-order valence-electron chi connectivity index (χ3n) is 8.80. The zero-order valence-corrected chi connectivity index (χ0v) is 32.7. The van der Waals surface area contributed by atoms with Gasteiger partial charge >= 0.3 is 11.9 Å². The van der Waals surface area contributed by atoms with E-state index in [0.29, 0.717) is 32.2 Å². The van der Waals surface area contributed by atoms with Crippen LogP contribution in [0, 0.1) is 0 Å². The minimum Gasteiger partial charge on any atom is -0.480 e. The normalized spacial score (nSPS) is 13.3. The Labute approximate surface area is 312 Å². The molecule has 0 aromatic heterocycles. The minimum atomic E-state index is -1.01. The molecule has 0 aromatic carbocycles. The van der Waals surface area contributed by atoms with Gasteiger partial charge in [-0.05, 0) is 103 Å². The Bertz CT molecular complexity index is 984. The van der Waals surface area contributed by atoms with Gasteiger partial charge in [0.05, 0.1) is 0 Å². The Morgan fingerprint density at radius 3 is 1.76 bits per heavy atom. The Morgan fingerprint density at radius 1 is 0.608 bits per heavy atom. The number of carbonyl (C=O) groups excluding carboxylic acids is 2. The third-order valence-corrected chi connectivity index (χ3v) is 8.80. The smallest absolute Gasteiger partial charge is 0.326 e. The molecule has 0 aromatic rings. The van der Waals surface area contributed by atoms with Gasteiger partial charge in [0.2, 0.25) is 5.91 Å². The fourth-order valence-corrected chi connectivity index (χ4v) is 5.70. The van der Waals surface area contributed by atoms with Gasteiger partial charge in [0.1, 0.15) is 12.1 Å². The van der Waals surface area contributed by atoms with Gasteiger partial charge in [-0.15, -0.1) is 0 Å². The van der Waals surface area contributed by atoms with E-state index in [1.165, 1.54) is 44.9 Å². The summed E-state index contributed by atoms with van der Waals surface area (Å²) in [5.41, 5.74) is 5.47. The molecule has 0 aliphatic heterocycles. The van der Waals surface area contributed by atoms with E-state index >= 15 is 0 Å². The summed E-state index contributed by atoms with van der Waals surface area (Å²) in [6.07, 6.45) is 47.1. The summed E-state index contributed by atoms with van der Waals surface area (Å²) in [6, 6.07) is -0.858. The van der Waals surface area contributed by atoms with E-state index in [9.17, 15) is 19.5 Å². The summed E-state index contributed by atoms with van der Waals surface area (Å²) in [6.45, 7) is 4.81. The number of unbranched alkanes of at least 4 members (excludes halogenated alkanes) is 14. The molecular formula is C44H76N2O5. The molecule has 1 amide bonds. The summed E-state index contributed by atoms with van der Waals surface area (Å²) < 4.78 is 5.93. The second kappa shape index (κ2) is 38.3. The van der Waals surface area contributed by atoms with Gasteiger partial charge in [-0.2, -0.15) is 0 Å². The predicted octanol–water partition coefficient (Wildman–Crippen LogP) is 11.4. The van der Waals surface area contributed by atoms with Crippen molar-refractivity contribution in [1.82, 2.24) is 5.32 Å². The van der Waals surface area contributed by atoms with Gasteiger partial charge in [-0.25, -0.2) is 4.79 Å². The number of ether oxygens (including phenoxy) is 1. The zero-order valence-electron chi connectivity index (χ0n) is 32.7. The Kier molecular flexibility index (Phi) is 36.1. The molecule has 4 N–H and O–H groups in total. The molecule has 0 fully saturated rings. The molecule has 0 aliphatic rings. The number of amides is 1. The number of nitrogens with two attached hydrogens (primary N) is 1. The van der Waals surface area contributed by atoms with Crippen molar-refractivity contribution < 1.29 is 24.2 Å². The number of esters is 1. The number of carboxylic acid groups (broad SMARTS) is 1. The van der Waals surface area contributed by atoms with Crippen LogP contribution in [-0.2, 0) is 19.1 Å². The number of carboxylic acids is 1. The quantitative estimate of drug-likeness (QED) is 0.0338. The van der Waals surface area contributed by atoms with Crippen LogP contribution in [0.4, 0.5) is 0 Å². The van der Waals surface area contributed by atoms with Crippen molar-refractivity contribution in [2.24, 2.45) is 5.73 Å². The molecule has 0 heterocycles. The number of aliphatic carboxylic acids is 1. The van der Waals surface area contributed by atoms with Gasteiger partial charge in [-0.1, -0.05) is 133 Å². The van der Waals surface area contributed by atoms with Gasteiger partial charge in [-0.3, -0.25) is 9.59 Å². The van der Waals surface area contributed by atoms with E-state index in [0.717, 1.165) is 96.3 Å². The molecule has 0 spiro atoms. The van der Waals surface area contributed by atoms with Crippen LogP contribution >= 0.6 is 0 Å². The average Bonchev–Trinajstić information content (AvgIpc) is 3.11. The molecule has 7 nitrogen and oxygen atoms in total. The van der Waals surface area contributed by atoms with Crippen LogP contribution in [0.3, 0.4) is 0 Å². The van der Waals surface area contributed by atoms with E-state index < -0.39 is 12.0 Å². The number of rotatable bonds is 36. The number of carbonyl (C=O) groups is 3. The van der Waals surface area contributed by atoms with Crippen LogP contribution in [0.25, 0.3) is 0 Å². The molecule has 0 bridgehead atoms. The third kappa shape index (κ3) is 35.3. The lowest BCUT2D eigenvalue weighted by molar-refractivity contribution is -0.147. The van der Waals surface area contributed by atoms with Crippen molar-refractivity contribution in [3.05, 3.63) is 60.8 Å². The molecule has 2 atom stereocenters. The average molecular weight is 713 g/mol. The molecular weight excluding hydrogens is 636 g/mol. The van der Waals surface area contributed by atoms with Crippen molar-refractivity contribution >= 4 is 17.8 Å². The topological polar surface area (TPSA) is 119 Å². The highest BCUT2D eigenvalue weighted by atomic mass is 16.5. The summed E-state index contributed by atoms with van der Waals surface area (Å²) in [7, 11) is 0. The largest absolute Gasteiger partial charge is 0.480 e. The molecule has 0 rings (SSSR count). The standard InChI is InChI=1S/C44H76N2O5/c1-3-5-7-9-11-13-14-15-16-17-18-20-22-28-32-38-43(48)51-40(34-29-25-21-19-12-10-8-6-4-2)35-30-26-23-24-27-31-37-42(47)46-41(44(49)50)36-33-39-45/h5,7,11,13,15-16,18,20,29,34,40-41H,3-4,6,8-10,12,14,17,19,21-28,30-33,35-39,45H2,1-2H3,(H,46,47)(H,49,50)/b7-5-,13-11-,16-15-,20-18-,34-29-. The Balaban J connectivity index is 4.39. The van der Waals surface area contributed by atoms with E-state index in [1.807, 2.05) is 0 Å². The highest BCUT2D eigenvalue weighted by molar-refractivity contribution is 5.83. The van der Waals surface area contributed by atoms with E-state index in [1.54, 1.807) is 0 Å². The molecule has 2 unspecified atom stereocenters. The minimum absolute atomic E-state index is 0.0998. The number of hydrogen-bond acceptors (Lipinski definition) is 5. The molecule has 0 aliphatic carbocycles. The maximum Gasteiger partial charge on any atom is 0.326 e. The summed E-state index contributed by atoms with van der Waals surface area (Å²) in [5, 5.41) is 11.9. The van der Waals surface area contributed by atoms with Gasteiger partial charge < -0.3 is 20.9 Å². The van der Waals surface area contributed by atoms with Gasteiger partial charge in [0.15, 0.2) is 0 Å². The molecule has 292 valence electrons. The van der Waals surface area contributed by atoms with E-state index in [-0.39, 0.29) is 18.0 Å². The van der Waals surface area contributed by atoms with Crippen LogP contribution in [0.2, 0.25) is 0 Å². The molecule has 0 saturated carbocycles. The second-order valence-electron chi connectivity index (χ2n) is 13.7. The van der Waals surface area contributed by atoms with Gasteiger partial charge in [0.25, 0.3) is 0 Å². The maximum atomic E-state index is 12.7. The number of hydrogen-bond donors (Lipinski definition) is 3. The first-order chi connectivity index (χ1) is 24.9. The zero-order chi connectivity index (χ0) is 37.5. The summed E-state index contributed by atoms with van der Waals surface area (Å²) in [5.74, 6) is -1.31. The highest BCUT2D eigenvalue weighted by Gasteiger charge is 2.18. The van der Waals surface area contributed by atoms with E-state index in [2.05, 4.69) is 79.9 Å². The lowest BCUT2D eigenvalue weighted by Gasteiger charge is -2.15. The van der Waals surface area contributed by atoms with E-state index in [4.69, 9.17) is 10.5 Å². The van der Waals surface area contributed by atoms with Crippen molar-refractivity contribution in [2.45, 2.75) is 193 Å². The summed E-state index contributed by atoms with van der Waals surface area (Å²) >= 11 is 0. The first-order valence-electron chi connectivity index (χ1n) is 20.6. The number of allylic oxidation sites excluding steroid dienone is 9. The maximum absolute atomic E-state index is 12.7. The van der Waals surface area contributed by atoms with Crippen molar-refractivity contribution in [3.8, 4) is 0 Å². The molecule has 7 heteroatoms. The Morgan fingerprint density at radius 2 is 1.14 bits per heavy atom. The fourth-order valence-electron chi connectivity index (χ4n) is 5.70. The predicted molar refractivity (Wildman–Crippen MR) is 216 cm³/mol. The SMILES string of the molecule is CC/C=C\C/C=C\C/C=C\C/C=C\CCCCC(=O)OC(/C=C\CCCCCCCCC)CCCCCCCCC(=O)NC(CCCN)C(=O)O. The van der Waals surface area contributed by atoms with Crippen molar-refractivity contribution in [3.63, 3.8) is 0 Å². The lowest BCUT2D eigenvalue weighted by Crippen LogP contribution is -2.40. The van der Waals surface area contributed by atoms with Crippen LogP contribution in [0.1, 0.15) is 181 Å². The fraction of sp³-hybridized carbons (Fsp3) is 0.705. The van der Waals surface area contributed by atoms with Crippen molar-refractivity contribution in [2.75, 3.05) is 6.54 Å². The van der Waals surface area contributed by atoms with Crippen LogP contribution in [0.15, 0.2) is 60.8 Å². The lowest BCUT2D eigenvalue weighted by atomic mass is 10.0. The molecule has 0 radical (unpaired) electrons. The van der Waals surface area contributed by atoms with Crippen LogP contribution in [0.5, 0.6) is 0 Å². The first-order valence-corrected chi connectivity index (χ1v) is 20.6. The molecule has 51 heavy (non-hydrogen) atoms. The van der Waals surface area contributed by atoms with Crippen LogP contribution in [-0.4, -0.2) is 41.6 Å². The summed E-state index contributed by atoms with van der Waals surface area (Å²) in [4.78, 5) is 36.2. The number of nitrogens with one attached hydrogen (secondary N) is 1.